The fourth-order valence-electron chi connectivity index (χ4n) is 3.13. The summed E-state index contributed by atoms with van der Waals surface area (Å²) in [6.45, 7) is 8.82. The Kier molecular flexibility index (Phi) is 3.17. The topological polar surface area (TPSA) is 29.1 Å². The standard InChI is InChI=1S/C18H20BrNO/c1-17(2)16(18(17,3)4)20-15(21)13-6-5-12-10-14(19)8-7-11(12)9-13/h5-10,16H,1-4H3,(H,20,21). The summed E-state index contributed by atoms with van der Waals surface area (Å²) in [5, 5.41) is 5.39. The maximum atomic E-state index is 12.5. The highest BCUT2D eigenvalue weighted by Gasteiger charge is 2.65. The summed E-state index contributed by atoms with van der Waals surface area (Å²) < 4.78 is 1.05. The summed E-state index contributed by atoms with van der Waals surface area (Å²) in [7, 11) is 0. The van der Waals surface area contributed by atoms with Crippen molar-refractivity contribution in [2.45, 2.75) is 33.7 Å². The molecular weight excluding hydrogens is 326 g/mol. The number of carbonyl (C=O) groups is 1. The number of hydrogen-bond donors (Lipinski definition) is 1. The van der Waals surface area contributed by atoms with Crippen molar-refractivity contribution < 1.29 is 4.79 Å². The molecule has 0 aromatic heterocycles. The molecule has 0 spiro atoms. The molecule has 2 aromatic carbocycles. The first-order valence-electron chi connectivity index (χ1n) is 7.24. The molecule has 1 aliphatic rings. The summed E-state index contributed by atoms with van der Waals surface area (Å²) >= 11 is 3.47. The van der Waals surface area contributed by atoms with E-state index in [0.29, 0.717) is 0 Å². The predicted molar refractivity (Wildman–Crippen MR) is 90.5 cm³/mol. The lowest BCUT2D eigenvalue weighted by atomic mass is 10.0. The van der Waals surface area contributed by atoms with Crippen molar-refractivity contribution in [3.63, 3.8) is 0 Å². The van der Waals surface area contributed by atoms with Crippen LogP contribution in [-0.4, -0.2) is 11.9 Å². The molecule has 0 unspecified atom stereocenters. The van der Waals surface area contributed by atoms with Gasteiger partial charge >= 0.3 is 0 Å². The van der Waals surface area contributed by atoms with Gasteiger partial charge in [-0.25, -0.2) is 0 Å². The highest BCUT2D eigenvalue weighted by Crippen LogP contribution is 2.62. The third-order valence-electron chi connectivity index (χ3n) is 5.36. The highest BCUT2D eigenvalue weighted by atomic mass is 79.9. The van der Waals surface area contributed by atoms with Crippen molar-refractivity contribution in [2.24, 2.45) is 10.8 Å². The summed E-state index contributed by atoms with van der Waals surface area (Å²) in [6.07, 6.45) is 0. The van der Waals surface area contributed by atoms with Crippen LogP contribution in [0.4, 0.5) is 0 Å². The Hall–Kier alpha value is -1.35. The minimum Gasteiger partial charge on any atom is -0.348 e. The van der Waals surface area contributed by atoms with Crippen LogP contribution >= 0.6 is 15.9 Å². The van der Waals surface area contributed by atoms with Crippen LogP contribution < -0.4 is 5.32 Å². The lowest BCUT2D eigenvalue weighted by molar-refractivity contribution is 0.0944. The molecule has 110 valence electrons. The first-order valence-corrected chi connectivity index (χ1v) is 8.03. The van der Waals surface area contributed by atoms with Crippen LogP contribution in [-0.2, 0) is 0 Å². The van der Waals surface area contributed by atoms with Crippen molar-refractivity contribution in [1.82, 2.24) is 5.32 Å². The van der Waals surface area contributed by atoms with Crippen LogP contribution in [0.3, 0.4) is 0 Å². The third-order valence-corrected chi connectivity index (χ3v) is 5.85. The Morgan fingerprint density at radius 3 is 2.19 bits per heavy atom. The van der Waals surface area contributed by atoms with Gasteiger partial charge in [-0.3, -0.25) is 4.79 Å². The zero-order valence-electron chi connectivity index (χ0n) is 12.8. The van der Waals surface area contributed by atoms with Crippen LogP contribution in [0.1, 0.15) is 38.1 Å². The molecule has 0 bridgehead atoms. The smallest absolute Gasteiger partial charge is 0.251 e. The molecule has 1 N–H and O–H groups in total. The lowest BCUT2D eigenvalue weighted by Gasteiger charge is -2.08. The predicted octanol–water partition coefficient (Wildman–Crippen LogP) is 4.77. The number of amides is 1. The highest BCUT2D eigenvalue weighted by molar-refractivity contribution is 9.10. The van der Waals surface area contributed by atoms with Gasteiger partial charge in [-0.2, -0.15) is 0 Å². The minimum atomic E-state index is 0.0171. The summed E-state index contributed by atoms with van der Waals surface area (Å²) in [5.41, 5.74) is 1.04. The molecule has 1 amide bonds. The molecule has 2 aromatic rings. The second-order valence-electron chi connectivity index (χ2n) is 7.06. The van der Waals surface area contributed by atoms with Gasteiger partial charge in [0.2, 0.25) is 0 Å². The Morgan fingerprint density at radius 2 is 1.57 bits per heavy atom. The van der Waals surface area contributed by atoms with Crippen LogP contribution in [0.15, 0.2) is 40.9 Å². The maximum absolute atomic E-state index is 12.5. The number of hydrogen-bond acceptors (Lipinski definition) is 1. The summed E-state index contributed by atoms with van der Waals surface area (Å²) in [6, 6.07) is 12.2. The van der Waals surface area contributed by atoms with E-state index in [2.05, 4.69) is 55.0 Å². The van der Waals surface area contributed by atoms with Gasteiger partial charge in [0.05, 0.1) is 0 Å². The fraction of sp³-hybridized carbons (Fsp3) is 0.389. The zero-order chi connectivity index (χ0) is 15.4. The molecule has 2 nitrogen and oxygen atoms in total. The molecule has 1 fully saturated rings. The van der Waals surface area contributed by atoms with E-state index in [9.17, 15) is 4.79 Å². The van der Waals surface area contributed by atoms with Crippen LogP contribution in [0.2, 0.25) is 0 Å². The van der Waals surface area contributed by atoms with Gasteiger partial charge in [-0.15, -0.1) is 0 Å². The van der Waals surface area contributed by atoms with E-state index >= 15 is 0 Å². The molecule has 0 atom stereocenters. The van der Waals surface area contributed by atoms with Crippen molar-refractivity contribution in [3.8, 4) is 0 Å². The van der Waals surface area contributed by atoms with Crippen molar-refractivity contribution >= 4 is 32.6 Å². The molecule has 0 saturated heterocycles. The quantitative estimate of drug-likeness (QED) is 0.834. The van der Waals surface area contributed by atoms with E-state index in [1.54, 1.807) is 0 Å². The van der Waals surface area contributed by atoms with E-state index in [1.165, 1.54) is 0 Å². The third kappa shape index (κ3) is 2.28. The van der Waals surface area contributed by atoms with E-state index in [4.69, 9.17) is 0 Å². The number of nitrogens with one attached hydrogen (secondary N) is 1. The average Bonchev–Trinajstić information content (AvgIpc) is 2.80. The van der Waals surface area contributed by atoms with Crippen LogP contribution in [0, 0.1) is 10.8 Å². The summed E-state index contributed by atoms with van der Waals surface area (Å²) in [5.74, 6) is 0.0171. The fourth-order valence-corrected chi connectivity index (χ4v) is 3.51. The molecule has 0 aliphatic heterocycles. The van der Waals surface area contributed by atoms with Gasteiger partial charge in [0.15, 0.2) is 0 Å². The molecule has 21 heavy (non-hydrogen) atoms. The SMILES string of the molecule is CC1(C)C(NC(=O)c2ccc3cc(Br)ccc3c2)C1(C)C. The number of rotatable bonds is 2. The molecule has 1 aliphatic carbocycles. The van der Waals surface area contributed by atoms with E-state index in [0.717, 1.165) is 20.8 Å². The van der Waals surface area contributed by atoms with Gasteiger partial charge in [0.25, 0.3) is 5.91 Å². The Bertz CT molecular complexity index is 719. The Labute approximate surface area is 134 Å². The Balaban J connectivity index is 1.84. The molecule has 0 heterocycles. The van der Waals surface area contributed by atoms with E-state index in [1.807, 2.05) is 30.3 Å². The first kappa shape index (κ1) is 14.6. The Morgan fingerprint density at radius 1 is 1.00 bits per heavy atom. The largest absolute Gasteiger partial charge is 0.348 e. The number of carbonyl (C=O) groups excluding carboxylic acids is 1. The molecule has 3 rings (SSSR count). The first-order chi connectivity index (χ1) is 9.73. The van der Waals surface area contributed by atoms with Crippen molar-refractivity contribution in [1.29, 1.82) is 0 Å². The van der Waals surface area contributed by atoms with Crippen LogP contribution in [0.25, 0.3) is 10.8 Å². The van der Waals surface area contributed by atoms with E-state index < -0.39 is 0 Å². The van der Waals surface area contributed by atoms with Gasteiger partial charge in [0.1, 0.15) is 0 Å². The minimum absolute atomic E-state index is 0.0171. The van der Waals surface area contributed by atoms with Crippen molar-refractivity contribution in [3.05, 3.63) is 46.4 Å². The number of halogens is 1. The number of fused-ring (bicyclic) bond motifs is 1. The van der Waals surface area contributed by atoms with Gasteiger partial charge in [-0.1, -0.05) is 55.8 Å². The average molecular weight is 346 g/mol. The van der Waals surface area contributed by atoms with E-state index in [-0.39, 0.29) is 22.8 Å². The molecule has 3 heteroatoms. The molecular formula is C18H20BrNO. The van der Waals surface area contributed by atoms with Gasteiger partial charge < -0.3 is 5.32 Å². The number of benzene rings is 2. The van der Waals surface area contributed by atoms with Crippen LogP contribution in [0.5, 0.6) is 0 Å². The second-order valence-corrected chi connectivity index (χ2v) is 7.97. The molecule has 0 radical (unpaired) electrons. The maximum Gasteiger partial charge on any atom is 0.251 e. The van der Waals surface area contributed by atoms with Crippen molar-refractivity contribution in [2.75, 3.05) is 0 Å². The normalized spacial score (nSPS) is 19.5. The second kappa shape index (κ2) is 4.57. The monoisotopic (exact) mass is 345 g/mol. The lowest BCUT2D eigenvalue weighted by Crippen LogP contribution is -2.29. The van der Waals surface area contributed by atoms with Gasteiger partial charge in [0, 0.05) is 16.1 Å². The zero-order valence-corrected chi connectivity index (χ0v) is 14.4. The molecule has 1 saturated carbocycles. The summed E-state index contributed by atoms with van der Waals surface area (Å²) in [4.78, 5) is 12.5. The van der Waals surface area contributed by atoms with Gasteiger partial charge in [-0.05, 0) is 45.9 Å².